The highest BCUT2D eigenvalue weighted by atomic mass is 32.1. The normalized spacial score (nSPS) is 13.2. The van der Waals surface area contributed by atoms with E-state index in [9.17, 15) is 4.39 Å². The van der Waals surface area contributed by atoms with Gasteiger partial charge in [0, 0.05) is 17.5 Å². The van der Waals surface area contributed by atoms with Crippen molar-refractivity contribution in [3.05, 3.63) is 16.1 Å². The first-order chi connectivity index (χ1) is 5.72. The number of halogens is 1. The van der Waals surface area contributed by atoms with Gasteiger partial charge < -0.3 is 5.73 Å². The van der Waals surface area contributed by atoms with Gasteiger partial charge in [-0.15, -0.1) is 11.3 Å². The van der Waals surface area contributed by atoms with Gasteiger partial charge in [0.05, 0.1) is 5.01 Å². The fourth-order valence-corrected chi connectivity index (χ4v) is 1.80. The summed E-state index contributed by atoms with van der Waals surface area (Å²) in [6.07, 6.45) is 0.00878. The third-order valence-electron chi connectivity index (χ3n) is 1.54. The Labute approximate surface area is 75.6 Å². The largest absolute Gasteiger partial charge is 0.330 e. The van der Waals surface area contributed by atoms with Crippen molar-refractivity contribution in [1.82, 2.24) is 4.98 Å². The Morgan fingerprint density at radius 1 is 1.75 bits per heavy atom. The molecular formula is C8H13FN2S. The molecule has 0 aliphatic rings. The highest BCUT2D eigenvalue weighted by Gasteiger charge is 2.08. The van der Waals surface area contributed by atoms with Crippen LogP contribution in [0.3, 0.4) is 0 Å². The molecule has 12 heavy (non-hydrogen) atoms. The number of aromatic nitrogens is 1. The molecule has 2 nitrogen and oxygen atoms in total. The van der Waals surface area contributed by atoms with E-state index in [0.29, 0.717) is 19.4 Å². The molecule has 0 aliphatic carbocycles. The van der Waals surface area contributed by atoms with Crippen LogP contribution in [0.1, 0.15) is 17.1 Å². The average molecular weight is 188 g/mol. The first kappa shape index (κ1) is 9.61. The van der Waals surface area contributed by atoms with E-state index in [1.165, 1.54) is 11.3 Å². The van der Waals surface area contributed by atoms with E-state index in [1.807, 2.05) is 12.3 Å². The summed E-state index contributed by atoms with van der Waals surface area (Å²) in [6, 6.07) is 0. The van der Waals surface area contributed by atoms with Gasteiger partial charge in [-0.1, -0.05) is 0 Å². The Morgan fingerprint density at radius 2 is 2.50 bits per heavy atom. The minimum Gasteiger partial charge on any atom is -0.330 e. The minimum atomic E-state index is -0.833. The van der Waals surface area contributed by atoms with Crippen LogP contribution in [-0.2, 0) is 6.42 Å². The summed E-state index contributed by atoms with van der Waals surface area (Å²) in [5.74, 6) is 0. The van der Waals surface area contributed by atoms with Crippen LogP contribution in [0.2, 0.25) is 0 Å². The highest BCUT2D eigenvalue weighted by molar-refractivity contribution is 7.09. The van der Waals surface area contributed by atoms with Gasteiger partial charge in [0.2, 0.25) is 0 Å². The smallest absolute Gasteiger partial charge is 0.108 e. The van der Waals surface area contributed by atoms with Crippen LogP contribution in [0.4, 0.5) is 4.39 Å². The van der Waals surface area contributed by atoms with Gasteiger partial charge in [-0.05, 0) is 19.9 Å². The highest BCUT2D eigenvalue weighted by Crippen LogP contribution is 2.13. The Morgan fingerprint density at radius 3 is 3.00 bits per heavy atom. The molecule has 1 unspecified atom stereocenters. The number of hydrogen-bond donors (Lipinski definition) is 1. The Balaban J connectivity index is 2.41. The van der Waals surface area contributed by atoms with E-state index in [2.05, 4.69) is 4.98 Å². The van der Waals surface area contributed by atoms with E-state index in [1.54, 1.807) is 0 Å². The lowest BCUT2D eigenvalue weighted by atomic mass is 10.2. The maximum Gasteiger partial charge on any atom is 0.108 e. The summed E-state index contributed by atoms with van der Waals surface area (Å²) < 4.78 is 13.0. The second-order valence-electron chi connectivity index (χ2n) is 2.76. The molecule has 1 atom stereocenters. The Hall–Kier alpha value is -0.480. The molecule has 0 saturated heterocycles. The lowest BCUT2D eigenvalue weighted by Crippen LogP contribution is -2.11. The number of thiazole rings is 1. The molecule has 0 amide bonds. The number of nitrogens with two attached hydrogens (primary N) is 1. The van der Waals surface area contributed by atoms with E-state index in [4.69, 9.17) is 5.73 Å². The molecule has 0 spiro atoms. The number of alkyl halides is 1. The summed E-state index contributed by atoms with van der Waals surface area (Å²) in [5.41, 5.74) is 6.20. The number of hydrogen-bond acceptors (Lipinski definition) is 3. The van der Waals surface area contributed by atoms with Crippen LogP contribution in [0.15, 0.2) is 5.38 Å². The Bertz CT molecular complexity index is 237. The molecule has 1 aromatic heterocycles. The number of aryl methyl sites for hydroxylation is 1. The standard InChI is InChI=1S/C8H13FN2S/c1-6-5-12-8(11-6)4-7(9)2-3-10/h5,7H,2-4,10H2,1H3. The maximum absolute atomic E-state index is 13.0. The van der Waals surface area contributed by atoms with Crippen LogP contribution in [0.5, 0.6) is 0 Å². The summed E-state index contributed by atoms with van der Waals surface area (Å²) in [4.78, 5) is 4.17. The summed E-state index contributed by atoms with van der Waals surface area (Å²) in [5, 5.41) is 2.80. The zero-order valence-corrected chi connectivity index (χ0v) is 7.90. The summed E-state index contributed by atoms with van der Waals surface area (Å²) in [6.45, 7) is 2.32. The zero-order chi connectivity index (χ0) is 8.97. The molecule has 0 aromatic carbocycles. The maximum atomic E-state index is 13.0. The third-order valence-corrected chi connectivity index (χ3v) is 2.53. The van der Waals surface area contributed by atoms with Crippen LogP contribution in [-0.4, -0.2) is 17.7 Å². The fourth-order valence-electron chi connectivity index (χ4n) is 0.969. The van der Waals surface area contributed by atoms with E-state index in [0.717, 1.165) is 10.7 Å². The minimum absolute atomic E-state index is 0.408. The van der Waals surface area contributed by atoms with Gasteiger partial charge in [-0.25, -0.2) is 9.37 Å². The molecule has 4 heteroatoms. The molecule has 0 fully saturated rings. The predicted molar refractivity (Wildman–Crippen MR) is 49.1 cm³/mol. The predicted octanol–water partition coefficient (Wildman–Crippen LogP) is 1.68. The van der Waals surface area contributed by atoms with E-state index in [-0.39, 0.29) is 0 Å². The first-order valence-corrected chi connectivity index (χ1v) is 4.85. The van der Waals surface area contributed by atoms with Gasteiger partial charge in [-0.2, -0.15) is 0 Å². The van der Waals surface area contributed by atoms with Crippen LogP contribution >= 0.6 is 11.3 Å². The molecular weight excluding hydrogens is 175 g/mol. The van der Waals surface area contributed by atoms with Crippen molar-refractivity contribution in [2.45, 2.75) is 25.9 Å². The molecule has 2 N–H and O–H groups in total. The summed E-state index contributed by atoms with van der Waals surface area (Å²) in [7, 11) is 0. The number of nitrogens with zero attached hydrogens (tertiary/aromatic N) is 1. The van der Waals surface area contributed by atoms with Gasteiger partial charge in [0.1, 0.15) is 6.17 Å². The van der Waals surface area contributed by atoms with Gasteiger partial charge in [0.15, 0.2) is 0 Å². The van der Waals surface area contributed by atoms with Crippen molar-refractivity contribution in [2.75, 3.05) is 6.54 Å². The monoisotopic (exact) mass is 188 g/mol. The van der Waals surface area contributed by atoms with Crippen LogP contribution in [0, 0.1) is 6.92 Å². The second kappa shape index (κ2) is 4.52. The molecule has 68 valence electrons. The van der Waals surface area contributed by atoms with Crippen molar-refractivity contribution >= 4 is 11.3 Å². The molecule has 0 saturated carbocycles. The molecule has 1 heterocycles. The fraction of sp³-hybridized carbons (Fsp3) is 0.625. The molecule has 0 aliphatic heterocycles. The molecule has 1 rings (SSSR count). The van der Waals surface area contributed by atoms with Crippen LogP contribution in [0.25, 0.3) is 0 Å². The summed E-state index contributed by atoms with van der Waals surface area (Å²) >= 11 is 1.51. The van der Waals surface area contributed by atoms with E-state index >= 15 is 0 Å². The van der Waals surface area contributed by atoms with Gasteiger partial charge in [0.25, 0.3) is 0 Å². The third kappa shape index (κ3) is 2.87. The van der Waals surface area contributed by atoms with Crippen molar-refractivity contribution in [3.63, 3.8) is 0 Å². The SMILES string of the molecule is Cc1csc(CC(F)CCN)n1. The topological polar surface area (TPSA) is 38.9 Å². The quantitative estimate of drug-likeness (QED) is 0.780. The van der Waals surface area contributed by atoms with Crippen molar-refractivity contribution in [3.8, 4) is 0 Å². The zero-order valence-electron chi connectivity index (χ0n) is 7.09. The lowest BCUT2D eigenvalue weighted by molar-refractivity contribution is 0.316. The molecule has 1 aromatic rings. The second-order valence-corrected chi connectivity index (χ2v) is 3.70. The Kier molecular flexibility index (Phi) is 3.62. The van der Waals surface area contributed by atoms with Crippen molar-refractivity contribution < 1.29 is 4.39 Å². The van der Waals surface area contributed by atoms with Gasteiger partial charge in [-0.3, -0.25) is 0 Å². The lowest BCUT2D eigenvalue weighted by Gasteiger charge is -2.02. The average Bonchev–Trinajstić information content (AvgIpc) is 2.36. The molecule has 0 radical (unpaired) electrons. The van der Waals surface area contributed by atoms with Gasteiger partial charge >= 0.3 is 0 Å². The van der Waals surface area contributed by atoms with Crippen molar-refractivity contribution in [2.24, 2.45) is 5.73 Å². The van der Waals surface area contributed by atoms with Crippen molar-refractivity contribution in [1.29, 1.82) is 0 Å². The first-order valence-electron chi connectivity index (χ1n) is 3.97. The number of rotatable bonds is 4. The molecule has 0 bridgehead atoms. The van der Waals surface area contributed by atoms with Crippen LogP contribution < -0.4 is 5.73 Å². The van der Waals surface area contributed by atoms with E-state index < -0.39 is 6.17 Å².